The summed E-state index contributed by atoms with van der Waals surface area (Å²) >= 11 is 0. The molecule has 2 N–H and O–H groups in total. The molecule has 1 heterocycles. The van der Waals surface area contributed by atoms with Gasteiger partial charge in [0.05, 0.1) is 6.04 Å². The molecular weight excluding hydrogens is 226 g/mol. The highest BCUT2D eigenvalue weighted by Gasteiger charge is 2.14. The van der Waals surface area contributed by atoms with Crippen LogP contribution in [0.15, 0.2) is 28.8 Å². The summed E-state index contributed by atoms with van der Waals surface area (Å²) in [6.45, 7) is 4.18. The van der Waals surface area contributed by atoms with Gasteiger partial charge in [-0.2, -0.15) is 4.98 Å². The van der Waals surface area contributed by atoms with Crippen LogP contribution in [0, 0.1) is 6.92 Å². The number of aromatic nitrogens is 2. The van der Waals surface area contributed by atoms with E-state index in [1.165, 1.54) is 5.56 Å². The zero-order chi connectivity index (χ0) is 13.0. The molecule has 0 spiro atoms. The van der Waals surface area contributed by atoms with Gasteiger partial charge in [0.1, 0.15) is 0 Å². The van der Waals surface area contributed by atoms with Crippen molar-refractivity contribution in [1.29, 1.82) is 0 Å². The Morgan fingerprint density at radius 1 is 1.28 bits per heavy atom. The average Bonchev–Trinajstić information content (AvgIpc) is 2.86. The lowest BCUT2D eigenvalue weighted by Gasteiger charge is -2.03. The number of unbranched alkanes of at least 4 members (excludes halogenated alkanes) is 1. The Hall–Kier alpha value is -1.68. The van der Waals surface area contributed by atoms with E-state index < -0.39 is 0 Å². The van der Waals surface area contributed by atoms with Crippen LogP contribution in [0.25, 0.3) is 11.4 Å². The van der Waals surface area contributed by atoms with E-state index in [-0.39, 0.29) is 6.04 Å². The van der Waals surface area contributed by atoms with Crippen molar-refractivity contribution in [1.82, 2.24) is 10.1 Å². The molecule has 0 saturated carbocycles. The summed E-state index contributed by atoms with van der Waals surface area (Å²) in [5.74, 6) is 1.14. The fraction of sp³-hybridized carbons (Fsp3) is 0.429. The van der Waals surface area contributed by atoms with Gasteiger partial charge < -0.3 is 10.3 Å². The van der Waals surface area contributed by atoms with Crippen molar-refractivity contribution < 1.29 is 4.52 Å². The van der Waals surface area contributed by atoms with Gasteiger partial charge in [0.25, 0.3) is 0 Å². The van der Waals surface area contributed by atoms with E-state index in [0.717, 1.165) is 24.8 Å². The maximum absolute atomic E-state index is 6.00. The number of hydrogen-bond acceptors (Lipinski definition) is 4. The van der Waals surface area contributed by atoms with Crippen LogP contribution in [0.4, 0.5) is 0 Å². The molecule has 0 aliphatic heterocycles. The topological polar surface area (TPSA) is 64.9 Å². The number of rotatable bonds is 5. The maximum atomic E-state index is 6.00. The van der Waals surface area contributed by atoms with Gasteiger partial charge in [-0.3, -0.25) is 0 Å². The summed E-state index contributed by atoms with van der Waals surface area (Å²) in [7, 11) is 0. The molecule has 1 aromatic carbocycles. The first-order valence-corrected chi connectivity index (χ1v) is 6.37. The van der Waals surface area contributed by atoms with Gasteiger partial charge in [0, 0.05) is 5.56 Å². The molecule has 2 rings (SSSR count). The standard InChI is InChI=1S/C14H19N3O/c1-3-4-5-12(15)14-16-13(17-18-14)11-8-6-10(2)7-9-11/h6-9,12H,3-5,15H2,1-2H3/t12-/m0/s1. The summed E-state index contributed by atoms with van der Waals surface area (Å²) in [5, 5.41) is 3.98. The molecule has 1 atom stereocenters. The third-order valence-electron chi connectivity index (χ3n) is 2.94. The van der Waals surface area contributed by atoms with Crippen LogP contribution in [0.3, 0.4) is 0 Å². The van der Waals surface area contributed by atoms with Gasteiger partial charge in [-0.05, 0) is 13.3 Å². The Labute approximate surface area is 107 Å². The third kappa shape index (κ3) is 2.96. The molecule has 2 aromatic rings. The lowest BCUT2D eigenvalue weighted by molar-refractivity contribution is 0.346. The fourth-order valence-electron chi connectivity index (χ4n) is 1.75. The summed E-state index contributed by atoms with van der Waals surface area (Å²) in [4.78, 5) is 4.36. The molecule has 4 heteroatoms. The van der Waals surface area contributed by atoms with Crippen molar-refractivity contribution in [2.75, 3.05) is 0 Å². The highest BCUT2D eigenvalue weighted by Crippen LogP contribution is 2.20. The van der Waals surface area contributed by atoms with Crippen molar-refractivity contribution in [3.05, 3.63) is 35.7 Å². The Bertz CT molecular complexity index is 490. The summed E-state index contributed by atoms with van der Waals surface area (Å²) in [6.07, 6.45) is 3.07. The minimum Gasteiger partial charge on any atom is -0.337 e. The minimum atomic E-state index is -0.156. The zero-order valence-corrected chi connectivity index (χ0v) is 10.9. The van der Waals surface area contributed by atoms with E-state index in [0.29, 0.717) is 11.7 Å². The highest BCUT2D eigenvalue weighted by molar-refractivity contribution is 5.54. The van der Waals surface area contributed by atoms with Gasteiger partial charge in [-0.25, -0.2) is 0 Å². The molecule has 0 bridgehead atoms. The van der Waals surface area contributed by atoms with Crippen molar-refractivity contribution in [2.24, 2.45) is 5.73 Å². The SMILES string of the molecule is CCCC[C@H](N)c1nc(-c2ccc(C)cc2)no1. The van der Waals surface area contributed by atoms with Crippen LogP contribution in [-0.4, -0.2) is 10.1 Å². The number of nitrogens with zero attached hydrogens (tertiary/aromatic N) is 2. The van der Waals surface area contributed by atoms with Crippen molar-refractivity contribution in [3.63, 3.8) is 0 Å². The Balaban J connectivity index is 2.12. The molecule has 4 nitrogen and oxygen atoms in total. The number of aryl methyl sites for hydroxylation is 1. The zero-order valence-electron chi connectivity index (χ0n) is 10.9. The minimum absolute atomic E-state index is 0.156. The molecule has 0 fully saturated rings. The second kappa shape index (κ2) is 5.78. The molecule has 0 amide bonds. The van der Waals surface area contributed by atoms with E-state index in [1.807, 2.05) is 31.2 Å². The smallest absolute Gasteiger partial charge is 0.243 e. The fourth-order valence-corrected chi connectivity index (χ4v) is 1.75. The predicted octanol–water partition coefficient (Wildman–Crippen LogP) is 3.24. The van der Waals surface area contributed by atoms with Crippen molar-refractivity contribution in [3.8, 4) is 11.4 Å². The van der Waals surface area contributed by atoms with E-state index >= 15 is 0 Å². The van der Waals surface area contributed by atoms with E-state index in [2.05, 4.69) is 17.1 Å². The third-order valence-corrected chi connectivity index (χ3v) is 2.94. The van der Waals surface area contributed by atoms with Crippen LogP contribution in [0.5, 0.6) is 0 Å². The number of hydrogen-bond donors (Lipinski definition) is 1. The van der Waals surface area contributed by atoms with Crippen LogP contribution < -0.4 is 5.73 Å². The van der Waals surface area contributed by atoms with E-state index in [1.54, 1.807) is 0 Å². The Morgan fingerprint density at radius 3 is 2.67 bits per heavy atom. The maximum Gasteiger partial charge on any atom is 0.243 e. The Kier molecular flexibility index (Phi) is 4.10. The first kappa shape index (κ1) is 12.8. The quantitative estimate of drug-likeness (QED) is 0.878. The highest BCUT2D eigenvalue weighted by atomic mass is 16.5. The first-order chi connectivity index (χ1) is 8.70. The average molecular weight is 245 g/mol. The normalized spacial score (nSPS) is 12.6. The lowest BCUT2D eigenvalue weighted by Crippen LogP contribution is -2.10. The van der Waals surface area contributed by atoms with E-state index in [4.69, 9.17) is 10.3 Å². The molecule has 0 aliphatic carbocycles. The molecule has 0 saturated heterocycles. The van der Waals surface area contributed by atoms with Gasteiger partial charge in [0.2, 0.25) is 11.7 Å². The first-order valence-electron chi connectivity index (χ1n) is 6.37. The molecule has 0 radical (unpaired) electrons. The second-order valence-electron chi connectivity index (χ2n) is 4.57. The monoisotopic (exact) mass is 245 g/mol. The Morgan fingerprint density at radius 2 is 2.00 bits per heavy atom. The van der Waals surface area contributed by atoms with Crippen molar-refractivity contribution >= 4 is 0 Å². The van der Waals surface area contributed by atoms with Gasteiger partial charge in [-0.1, -0.05) is 54.8 Å². The molecule has 1 aromatic heterocycles. The van der Waals surface area contributed by atoms with Crippen LogP contribution >= 0.6 is 0 Å². The summed E-state index contributed by atoms with van der Waals surface area (Å²) in [6, 6.07) is 7.88. The van der Waals surface area contributed by atoms with Crippen LogP contribution in [-0.2, 0) is 0 Å². The van der Waals surface area contributed by atoms with Crippen LogP contribution in [0.1, 0.15) is 43.7 Å². The molecule has 0 aliphatic rings. The van der Waals surface area contributed by atoms with E-state index in [9.17, 15) is 0 Å². The summed E-state index contributed by atoms with van der Waals surface area (Å²) < 4.78 is 5.22. The van der Waals surface area contributed by atoms with Gasteiger partial charge in [0.15, 0.2) is 0 Å². The lowest BCUT2D eigenvalue weighted by atomic mass is 10.1. The van der Waals surface area contributed by atoms with Gasteiger partial charge >= 0.3 is 0 Å². The predicted molar refractivity (Wildman–Crippen MR) is 70.9 cm³/mol. The summed E-state index contributed by atoms with van der Waals surface area (Å²) in [5.41, 5.74) is 8.17. The van der Waals surface area contributed by atoms with Gasteiger partial charge in [-0.15, -0.1) is 0 Å². The van der Waals surface area contributed by atoms with Crippen LogP contribution in [0.2, 0.25) is 0 Å². The molecule has 18 heavy (non-hydrogen) atoms. The van der Waals surface area contributed by atoms with Crippen molar-refractivity contribution in [2.45, 2.75) is 39.2 Å². The largest absolute Gasteiger partial charge is 0.337 e. The second-order valence-corrected chi connectivity index (χ2v) is 4.57. The number of nitrogens with two attached hydrogens (primary N) is 1. The number of benzene rings is 1. The molecule has 96 valence electrons. The molecular formula is C14H19N3O. The molecule has 0 unspecified atom stereocenters.